The first-order chi connectivity index (χ1) is 15.4. The summed E-state index contributed by atoms with van der Waals surface area (Å²) in [5.41, 5.74) is 7.33. The second-order valence-electron chi connectivity index (χ2n) is 7.82. The molecular formula is C28H26N4. The van der Waals surface area contributed by atoms with Gasteiger partial charge in [-0.3, -0.25) is 0 Å². The van der Waals surface area contributed by atoms with Crippen LogP contribution >= 0.6 is 0 Å². The summed E-state index contributed by atoms with van der Waals surface area (Å²) in [5, 5.41) is 18.8. The minimum absolute atomic E-state index is 0.652. The summed E-state index contributed by atoms with van der Waals surface area (Å²) in [4.78, 5) is 4.16. The third-order valence-electron chi connectivity index (χ3n) is 5.19. The lowest BCUT2D eigenvalue weighted by Gasteiger charge is -2.22. The molecule has 0 aromatic heterocycles. The van der Waals surface area contributed by atoms with Gasteiger partial charge in [-0.15, -0.1) is 0 Å². The van der Waals surface area contributed by atoms with Gasteiger partial charge in [-0.2, -0.15) is 10.5 Å². The Balaban J connectivity index is 2.08. The van der Waals surface area contributed by atoms with Gasteiger partial charge in [0.05, 0.1) is 23.3 Å². The molecule has 0 fully saturated rings. The van der Waals surface area contributed by atoms with Gasteiger partial charge in [-0.05, 0) is 46.5 Å². The maximum Gasteiger partial charge on any atom is 0.0997 e. The molecule has 0 heterocycles. The maximum absolute atomic E-state index is 9.38. The van der Waals surface area contributed by atoms with Gasteiger partial charge < -0.3 is 9.80 Å². The Morgan fingerprint density at radius 2 is 0.906 bits per heavy atom. The lowest BCUT2D eigenvalue weighted by molar-refractivity contribution is 1.10. The standard InChI is InChI=1S/C28H26N4/c1-31(2)27-17-24(16-14-22-10-6-8-12-26(22)20-30)28(32(3)4)18-23(27)15-13-21-9-5-7-11-25(21)19-29/h5-18H,1-4H3/b15-13+,16-14+. The Morgan fingerprint density at radius 1 is 0.562 bits per heavy atom. The van der Waals surface area contributed by atoms with E-state index in [0.29, 0.717) is 11.1 Å². The summed E-state index contributed by atoms with van der Waals surface area (Å²) in [7, 11) is 8.07. The van der Waals surface area contributed by atoms with Gasteiger partial charge in [0.25, 0.3) is 0 Å². The van der Waals surface area contributed by atoms with E-state index in [2.05, 4.69) is 46.2 Å². The van der Waals surface area contributed by atoms with Crippen LogP contribution in [0, 0.1) is 22.7 Å². The molecule has 0 aliphatic carbocycles. The van der Waals surface area contributed by atoms with Crippen molar-refractivity contribution in [3.8, 4) is 12.1 Å². The van der Waals surface area contributed by atoms with Crippen molar-refractivity contribution in [1.29, 1.82) is 10.5 Å². The highest BCUT2D eigenvalue weighted by Gasteiger charge is 2.11. The fourth-order valence-corrected chi connectivity index (χ4v) is 3.50. The van der Waals surface area contributed by atoms with Crippen molar-refractivity contribution >= 4 is 35.7 Å². The molecule has 0 amide bonds. The van der Waals surface area contributed by atoms with Crippen LogP contribution < -0.4 is 9.80 Å². The van der Waals surface area contributed by atoms with E-state index in [0.717, 1.165) is 33.6 Å². The van der Waals surface area contributed by atoms with E-state index in [4.69, 9.17) is 0 Å². The third kappa shape index (κ3) is 5.06. The Morgan fingerprint density at radius 3 is 1.25 bits per heavy atom. The van der Waals surface area contributed by atoms with E-state index >= 15 is 0 Å². The molecule has 0 aliphatic rings. The Labute approximate surface area is 190 Å². The molecule has 0 N–H and O–H groups in total. The summed E-state index contributed by atoms with van der Waals surface area (Å²) in [6.07, 6.45) is 8.08. The monoisotopic (exact) mass is 418 g/mol. The lowest BCUT2D eigenvalue weighted by Crippen LogP contribution is -2.14. The summed E-state index contributed by atoms with van der Waals surface area (Å²) in [6, 6.07) is 23.9. The molecule has 0 unspecified atom stereocenters. The van der Waals surface area contributed by atoms with E-state index in [1.54, 1.807) is 0 Å². The van der Waals surface area contributed by atoms with Crippen LogP contribution in [0.4, 0.5) is 11.4 Å². The predicted molar refractivity (Wildman–Crippen MR) is 135 cm³/mol. The van der Waals surface area contributed by atoms with Crippen LogP contribution in [0.5, 0.6) is 0 Å². The molecule has 3 rings (SSSR count). The summed E-state index contributed by atoms with van der Waals surface area (Å²) in [6.45, 7) is 0. The van der Waals surface area contributed by atoms with E-state index in [1.165, 1.54) is 0 Å². The van der Waals surface area contributed by atoms with Crippen LogP contribution in [0.1, 0.15) is 33.4 Å². The van der Waals surface area contributed by atoms with E-state index in [9.17, 15) is 10.5 Å². The van der Waals surface area contributed by atoms with Crippen LogP contribution in [0.25, 0.3) is 24.3 Å². The molecule has 4 heteroatoms. The van der Waals surface area contributed by atoms with Crippen LogP contribution in [-0.2, 0) is 0 Å². The van der Waals surface area contributed by atoms with Crippen molar-refractivity contribution < 1.29 is 0 Å². The van der Waals surface area contributed by atoms with Crippen molar-refractivity contribution in [2.75, 3.05) is 38.0 Å². The molecule has 32 heavy (non-hydrogen) atoms. The number of benzene rings is 3. The first-order valence-corrected chi connectivity index (χ1v) is 10.3. The van der Waals surface area contributed by atoms with E-state index < -0.39 is 0 Å². The molecule has 0 bridgehead atoms. The smallest absolute Gasteiger partial charge is 0.0997 e. The number of nitriles is 2. The van der Waals surface area contributed by atoms with E-state index in [1.807, 2.05) is 88.9 Å². The Hall–Kier alpha value is -4.28. The van der Waals surface area contributed by atoms with Crippen LogP contribution in [0.3, 0.4) is 0 Å². The van der Waals surface area contributed by atoms with Crippen molar-refractivity contribution in [1.82, 2.24) is 0 Å². The molecule has 0 aliphatic heterocycles. The second kappa shape index (κ2) is 10.2. The highest BCUT2D eigenvalue weighted by molar-refractivity contribution is 5.86. The zero-order valence-corrected chi connectivity index (χ0v) is 18.9. The number of rotatable bonds is 6. The predicted octanol–water partition coefficient (Wildman–Crippen LogP) is 5.90. The van der Waals surface area contributed by atoms with Crippen molar-refractivity contribution in [3.05, 3.63) is 94.0 Å². The molecule has 0 spiro atoms. The molecule has 4 nitrogen and oxygen atoms in total. The van der Waals surface area contributed by atoms with Gasteiger partial charge in [-0.25, -0.2) is 0 Å². The quantitative estimate of drug-likeness (QED) is 0.468. The molecule has 0 saturated heterocycles. The zero-order chi connectivity index (χ0) is 23.1. The average molecular weight is 419 g/mol. The average Bonchev–Trinajstić information content (AvgIpc) is 2.81. The normalized spacial score (nSPS) is 10.8. The summed E-state index contributed by atoms with van der Waals surface area (Å²) >= 11 is 0. The molecule has 3 aromatic rings. The first kappa shape index (κ1) is 22.4. The van der Waals surface area contributed by atoms with Gasteiger partial charge in [-0.1, -0.05) is 60.7 Å². The van der Waals surface area contributed by atoms with Gasteiger partial charge in [0, 0.05) is 39.6 Å². The zero-order valence-electron chi connectivity index (χ0n) is 18.9. The first-order valence-electron chi connectivity index (χ1n) is 10.3. The lowest BCUT2D eigenvalue weighted by atomic mass is 10.0. The van der Waals surface area contributed by atoms with Gasteiger partial charge in [0.15, 0.2) is 0 Å². The minimum Gasteiger partial charge on any atom is -0.377 e. The van der Waals surface area contributed by atoms with Gasteiger partial charge in [0.2, 0.25) is 0 Å². The molecular weight excluding hydrogens is 392 g/mol. The molecule has 158 valence electrons. The van der Waals surface area contributed by atoms with Gasteiger partial charge >= 0.3 is 0 Å². The minimum atomic E-state index is 0.652. The van der Waals surface area contributed by atoms with Crippen molar-refractivity contribution in [3.63, 3.8) is 0 Å². The highest BCUT2D eigenvalue weighted by atomic mass is 15.1. The largest absolute Gasteiger partial charge is 0.377 e. The van der Waals surface area contributed by atoms with Crippen LogP contribution in [0.2, 0.25) is 0 Å². The van der Waals surface area contributed by atoms with Crippen LogP contribution in [-0.4, -0.2) is 28.2 Å². The highest BCUT2D eigenvalue weighted by Crippen LogP contribution is 2.32. The Bertz CT molecular complexity index is 1150. The second-order valence-corrected chi connectivity index (χ2v) is 7.82. The maximum atomic E-state index is 9.38. The SMILES string of the molecule is CN(C)c1cc(/C=C/c2ccccc2C#N)c(N(C)C)cc1/C=C/c1ccccc1C#N. The summed E-state index contributed by atoms with van der Waals surface area (Å²) < 4.78 is 0. The van der Waals surface area contributed by atoms with Gasteiger partial charge in [0.1, 0.15) is 0 Å². The van der Waals surface area contributed by atoms with Crippen molar-refractivity contribution in [2.24, 2.45) is 0 Å². The van der Waals surface area contributed by atoms with Crippen LogP contribution in [0.15, 0.2) is 60.7 Å². The Kier molecular flexibility index (Phi) is 7.11. The molecule has 3 aromatic carbocycles. The third-order valence-corrected chi connectivity index (χ3v) is 5.19. The summed E-state index contributed by atoms with van der Waals surface area (Å²) in [5.74, 6) is 0. The molecule has 0 atom stereocenters. The number of nitrogens with zero attached hydrogens (tertiary/aromatic N) is 4. The topological polar surface area (TPSA) is 54.1 Å². The van der Waals surface area contributed by atoms with E-state index in [-0.39, 0.29) is 0 Å². The number of hydrogen-bond donors (Lipinski definition) is 0. The van der Waals surface area contributed by atoms with Crippen molar-refractivity contribution in [2.45, 2.75) is 0 Å². The fourth-order valence-electron chi connectivity index (χ4n) is 3.50. The molecule has 0 radical (unpaired) electrons. The number of hydrogen-bond acceptors (Lipinski definition) is 4. The molecule has 0 saturated carbocycles. The fraction of sp³-hybridized carbons (Fsp3) is 0.143. The number of anilines is 2.